The number of nitrogens with zero attached hydrogens (tertiary/aromatic N) is 1. The summed E-state index contributed by atoms with van der Waals surface area (Å²) in [6.45, 7) is 4.11. The van der Waals surface area contributed by atoms with E-state index in [0.29, 0.717) is 13.0 Å². The topological polar surface area (TPSA) is 111 Å². The standard InChI is InChI=1S/C22H27N3O5/c1-16(2)30-22(27)15-20(17-7-4-3-5-8-17)24-21(26)9-6-14-23-18-10-12-19(13-11-18)25(28)29/h3-5,7-8,10-13,16,20,23H,6,9,14-15H2,1-2H3,(H,24,26). The number of non-ortho nitro benzene ring substituents is 1. The third-order valence-corrected chi connectivity index (χ3v) is 4.26. The third-order valence-electron chi connectivity index (χ3n) is 4.26. The van der Waals surface area contributed by atoms with Gasteiger partial charge < -0.3 is 15.4 Å². The number of esters is 1. The Morgan fingerprint density at radius 2 is 1.73 bits per heavy atom. The maximum atomic E-state index is 12.4. The van der Waals surface area contributed by atoms with Gasteiger partial charge >= 0.3 is 5.97 Å². The summed E-state index contributed by atoms with van der Waals surface area (Å²) in [7, 11) is 0. The molecule has 1 unspecified atom stereocenters. The molecule has 0 aromatic heterocycles. The highest BCUT2D eigenvalue weighted by Crippen LogP contribution is 2.18. The number of amides is 1. The van der Waals surface area contributed by atoms with Crippen LogP contribution in [-0.4, -0.2) is 29.4 Å². The first kappa shape index (κ1) is 22.9. The molecule has 0 radical (unpaired) electrons. The predicted molar refractivity (Wildman–Crippen MR) is 114 cm³/mol. The van der Waals surface area contributed by atoms with Gasteiger partial charge in [-0.05, 0) is 38.0 Å². The molecule has 0 fully saturated rings. The molecule has 2 aromatic rings. The van der Waals surface area contributed by atoms with E-state index in [-0.39, 0.29) is 36.5 Å². The van der Waals surface area contributed by atoms with Crippen LogP contribution in [0, 0.1) is 10.1 Å². The molecule has 0 bridgehead atoms. The number of nitro benzene ring substituents is 1. The number of carbonyl (C=O) groups excluding carboxylic acids is 2. The Kier molecular flexibility index (Phi) is 8.80. The monoisotopic (exact) mass is 413 g/mol. The van der Waals surface area contributed by atoms with E-state index in [1.165, 1.54) is 12.1 Å². The van der Waals surface area contributed by atoms with Crippen LogP contribution in [0.25, 0.3) is 0 Å². The molecule has 0 aliphatic heterocycles. The van der Waals surface area contributed by atoms with Gasteiger partial charge in [0.05, 0.1) is 23.5 Å². The molecule has 0 spiro atoms. The fourth-order valence-corrected chi connectivity index (χ4v) is 2.86. The number of nitro groups is 1. The molecule has 0 saturated carbocycles. The lowest BCUT2D eigenvalue weighted by atomic mass is 10.0. The molecule has 8 nitrogen and oxygen atoms in total. The molecule has 1 amide bonds. The van der Waals surface area contributed by atoms with Gasteiger partial charge in [0.25, 0.3) is 5.69 Å². The molecular weight excluding hydrogens is 386 g/mol. The highest BCUT2D eigenvalue weighted by molar-refractivity contribution is 5.78. The van der Waals surface area contributed by atoms with E-state index < -0.39 is 11.0 Å². The summed E-state index contributed by atoms with van der Waals surface area (Å²) in [4.78, 5) is 34.7. The first-order chi connectivity index (χ1) is 14.3. The van der Waals surface area contributed by atoms with Crippen LogP contribution in [0.3, 0.4) is 0 Å². The summed E-state index contributed by atoms with van der Waals surface area (Å²) in [5.74, 6) is -0.523. The van der Waals surface area contributed by atoms with Gasteiger partial charge in [0.1, 0.15) is 0 Å². The van der Waals surface area contributed by atoms with Crippen molar-refractivity contribution in [3.8, 4) is 0 Å². The van der Waals surface area contributed by atoms with Gasteiger partial charge in [-0.2, -0.15) is 0 Å². The van der Waals surface area contributed by atoms with Crippen molar-refractivity contribution >= 4 is 23.3 Å². The summed E-state index contributed by atoms with van der Waals surface area (Å²) >= 11 is 0. The van der Waals surface area contributed by atoms with Gasteiger partial charge in [0.15, 0.2) is 0 Å². The molecule has 0 aliphatic carbocycles. The zero-order valence-electron chi connectivity index (χ0n) is 17.2. The Hall–Kier alpha value is -3.42. The number of anilines is 1. The largest absolute Gasteiger partial charge is 0.463 e. The molecule has 0 aliphatic rings. The van der Waals surface area contributed by atoms with Crippen LogP contribution >= 0.6 is 0 Å². The van der Waals surface area contributed by atoms with Crippen LogP contribution < -0.4 is 10.6 Å². The van der Waals surface area contributed by atoms with Crippen LogP contribution in [0.2, 0.25) is 0 Å². The van der Waals surface area contributed by atoms with E-state index in [1.54, 1.807) is 26.0 Å². The number of benzene rings is 2. The zero-order chi connectivity index (χ0) is 21.9. The summed E-state index contributed by atoms with van der Waals surface area (Å²) in [6, 6.07) is 15.0. The van der Waals surface area contributed by atoms with E-state index in [2.05, 4.69) is 10.6 Å². The average molecular weight is 413 g/mol. The zero-order valence-corrected chi connectivity index (χ0v) is 17.2. The van der Waals surface area contributed by atoms with E-state index in [4.69, 9.17) is 4.74 Å². The summed E-state index contributed by atoms with van der Waals surface area (Å²) in [6.07, 6.45) is 0.702. The average Bonchev–Trinajstić information content (AvgIpc) is 2.71. The molecule has 160 valence electrons. The second-order valence-corrected chi connectivity index (χ2v) is 7.11. The lowest BCUT2D eigenvalue weighted by Crippen LogP contribution is -2.31. The lowest BCUT2D eigenvalue weighted by molar-refractivity contribution is -0.384. The minimum absolute atomic E-state index is 0.0304. The van der Waals surface area contributed by atoms with Crippen molar-refractivity contribution in [2.75, 3.05) is 11.9 Å². The lowest BCUT2D eigenvalue weighted by Gasteiger charge is -2.19. The minimum Gasteiger partial charge on any atom is -0.463 e. The van der Waals surface area contributed by atoms with Gasteiger partial charge in [-0.3, -0.25) is 19.7 Å². The first-order valence-electron chi connectivity index (χ1n) is 9.87. The van der Waals surface area contributed by atoms with Crippen LogP contribution in [0.4, 0.5) is 11.4 Å². The smallest absolute Gasteiger partial charge is 0.308 e. The van der Waals surface area contributed by atoms with Crippen molar-refractivity contribution in [1.82, 2.24) is 5.32 Å². The number of carbonyl (C=O) groups is 2. The van der Waals surface area contributed by atoms with Gasteiger partial charge in [-0.25, -0.2) is 0 Å². The fraction of sp³-hybridized carbons (Fsp3) is 0.364. The predicted octanol–water partition coefficient (Wildman–Crippen LogP) is 3.99. The van der Waals surface area contributed by atoms with Crippen LogP contribution in [0.5, 0.6) is 0 Å². The number of nitrogens with one attached hydrogen (secondary N) is 2. The van der Waals surface area contributed by atoms with Gasteiger partial charge in [-0.1, -0.05) is 30.3 Å². The number of rotatable bonds is 11. The van der Waals surface area contributed by atoms with Crippen molar-refractivity contribution < 1.29 is 19.2 Å². The molecule has 2 aromatic carbocycles. The Morgan fingerprint density at radius 1 is 1.07 bits per heavy atom. The van der Waals surface area contributed by atoms with Crippen molar-refractivity contribution in [1.29, 1.82) is 0 Å². The Balaban J connectivity index is 1.83. The summed E-state index contributed by atoms with van der Waals surface area (Å²) in [5.41, 5.74) is 1.62. The number of hydrogen-bond donors (Lipinski definition) is 2. The third kappa shape index (κ3) is 7.90. The number of ether oxygens (including phenoxy) is 1. The fourth-order valence-electron chi connectivity index (χ4n) is 2.86. The van der Waals surface area contributed by atoms with E-state index >= 15 is 0 Å². The Labute approximate surface area is 175 Å². The van der Waals surface area contributed by atoms with Crippen molar-refractivity contribution in [2.45, 2.75) is 45.3 Å². The normalized spacial score (nSPS) is 11.6. The van der Waals surface area contributed by atoms with Crippen molar-refractivity contribution in [3.63, 3.8) is 0 Å². The Bertz CT molecular complexity index is 838. The van der Waals surface area contributed by atoms with Gasteiger partial charge in [0, 0.05) is 30.8 Å². The highest BCUT2D eigenvalue weighted by Gasteiger charge is 2.19. The molecule has 2 N–H and O–H groups in total. The molecule has 0 heterocycles. The second-order valence-electron chi connectivity index (χ2n) is 7.11. The van der Waals surface area contributed by atoms with Crippen LogP contribution in [-0.2, 0) is 14.3 Å². The van der Waals surface area contributed by atoms with Gasteiger partial charge in [-0.15, -0.1) is 0 Å². The summed E-state index contributed by atoms with van der Waals surface area (Å²) in [5, 5.41) is 16.7. The highest BCUT2D eigenvalue weighted by atomic mass is 16.6. The van der Waals surface area contributed by atoms with E-state index in [1.807, 2.05) is 30.3 Å². The summed E-state index contributed by atoms with van der Waals surface area (Å²) < 4.78 is 5.21. The first-order valence-corrected chi connectivity index (χ1v) is 9.87. The maximum Gasteiger partial charge on any atom is 0.308 e. The minimum atomic E-state index is -0.451. The van der Waals surface area contributed by atoms with Crippen molar-refractivity contribution in [2.24, 2.45) is 0 Å². The van der Waals surface area contributed by atoms with Crippen molar-refractivity contribution in [3.05, 3.63) is 70.3 Å². The molecule has 8 heteroatoms. The molecule has 30 heavy (non-hydrogen) atoms. The van der Waals surface area contributed by atoms with Crippen LogP contribution in [0.15, 0.2) is 54.6 Å². The molecule has 1 atom stereocenters. The SMILES string of the molecule is CC(C)OC(=O)CC(NC(=O)CCCNc1ccc([N+](=O)[O-])cc1)c1ccccc1. The van der Waals surface area contributed by atoms with E-state index in [0.717, 1.165) is 11.3 Å². The quantitative estimate of drug-likeness (QED) is 0.249. The molecule has 0 saturated heterocycles. The molecular formula is C22H27N3O5. The van der Waals surface area contributed by atoms with Gasteiger partial charge in [0.2, 0.25) is 5.91 Å². The number of hydrogen-bond acceptors (Lipinski definition) is 6. The maximum absolute atomic E-state index is 12.4. The van der Waals surface area contributed by atoms with Crippen LogP contribution in [0.1, 0.15) is 44.7 Å². The second kappa shape index (κ2) is 11.5. The molecule has 2 rings (SSSR count). The Morgan fingerprint density at radius 3 is 2.33 bits per heavy atom. The van der Waals surface area contributed by atoms with E-state index in [9.17, 15) is 19.7 Å².